The molecule has 0 unspecified atom stereocenters. The van der Waals surface area contributed by atoms with Gasteiger partial charge in [-0.1, -0.05) is 30.1 Å². The smallest absolute Gasteiger partial charge is 0.492 e. The molecule has 2 N–H and O–H groups in total. The van der Waals surface area contributed by atoms with E-state index in [1.807, 2.05) is 6.92 Å². The number of anilines is 1. The number of pyridine rings is 1. The number of rotatable bonds is 5. The van der Waals surface area contributed by atoms with Gasteiger partial charge in [-0.3, -0.25) is 0 Å². The highest BCUT2D eigenvalue weighted by molar-refractivity contribution is 6.34. The van der Waals surface area contributed by atoms with E-state index < -0.39 is 12.0 Å². The Labute approximate surface area is 153 Å². The van der Waals surface area contributed by atoms with Crippen molar-refractivity contribution in [3.8, 4) is 22.9 Å². The van der Waals surface area contributed by atoms with Gasteiger partial charge < -0.3 is 19.9 Å². The minimum absolute atomic E-state index is 0.0522. The maximum absolute atomic E-state index is 14.6. The number of carbonyl (C=O) groups excluding carboxylic acids is 1. The second kappa shape index (κ2) is 8.22. The van der Waals surface area contributed by atoms with Crippen molar-refractivity contribution in [2.45, 2.75) is 13.3 Å². The van der Waals surface area contributed by atoms with Crippen LogP contribution in [0.25, 0.3) is 11.3 Å². The van der Waals surface area contributed by atoms with Crippen LogP contribution in [0.3, 0.4) is 0 Å². The topological polar surface area (TPSA) is 83.7 Å². The third-order valence-corrected chi connectivity index (χ3v) is 3.77. The predicted molar refractivity (Wildman–Crippen MR) is 92.9 cm³/mol. The third-order valence-electron chi connectivity index (χ3n) is 3.09. The second-order valence-electron chi connectivity index (χ2n) is 4.86. The Balaban J connectivity index is 2.45. The van der Waals surface area contributed by atoms with Crippen LogP contribution in [0.1, 0.15) is 13.3 Å². The first-order valence-corrected chi connectivity index (χ1v) is 7.97. The number of benzene rings is 1. The van der Waals surface area contributed by atoms with E-state index in [4.69, 9.17) is 43.1 Å². The molecule has 0 spiro atoms. The van der Waals surface area contributed by atoms with Crippen LogP contribution in [0.5, 0.6) is 11.6 Å². The highest BCUT2D eigenvalue weighted by Crippen LogP contribution is 2.38. The highest BCUT2D eigenvalue weighted by Gasteiger charge is 2.20. The Hall–Kier alpha value is -2.25. The molecule has 2 aromatic rings. The molecule has 0 aliphatic heterocycles. The zero-order valence-electron chi connectivity index (χ0n) is 13.4. The Morgan fingerprint density at radius 2 is 2.08 bits per heavy atom. The summed E-state index contributed by atoms with van der Waals surface area (Å²) in [6, 6.07) is 4.19. The van der Waals surface area contributed by atoms with Crippen LogP contribution in [0.2, 0.25) is 10.0 Å². The molecule has 0 amide bonds. The molecule has 0 saturated heterocycles. The molecule has 0 bridgehead atoms. The molecule has 2 rings (SSSR count). The lowest BCUT2D eigenvalue weighted by atomic mass is 10.1. The van der Waals surface area contributed by atoms with Gasteiger partial charge >= 0.3 is 6.16 Å². The van der Waals surface area contributed by atoms with E-state index in [0.29, 0.717) is 6.42 Å². The van der Waals surface area contributed by atoms with E-state index in [2.05, 4.69) is 4.98 Å². The van der Waals surface area contributed by atoms with Crippen molar-refractivity contribution in [1.29, 1.82) is 0 Å². The number of nitrogens with zero attached hydrogens (tertiary/aromatic N) is 1. The first-order chi connectivity index (χ1) is 11.9. The fourth-order valence-electron chi connectivity index (χ4n) is 1.94. The van der Waals surface area contributed by atoms with Crippen molar-refractivity contribution in [3.63, 3.8) is 0 Å². The molecule has 0 aliphatic carbocycles. The van der Waals surface area contributed by atoms with E-state index in [1.54, 1.807) is 0 Å². The van der Waals surface area contributed by atoms with Gasteiger partial charge in [0.05, 0.1) is 30.1 Å². The lowest BCUT2D eigenvalue weighted by Gasteiger charge is -2.12. The second-order valence-corrected chi connectivity index (χ2v) is 5.64. The van der Waals surface area contributed by atoms with E-state index in [0.717, 1.165) is 0 Å². The fourth-order valence-corrected chi connectivity index (χ4v) is 2.30. The molecule has 0 fully saturated rings. The molecule has 6 nitrogen and oxygen atoms in total. The van der Waals surface area contributed by atoms with Crippen LogP contribution in [-0.2, 0) is 4.74 Å². The normalized spacial score (nSPS) is 10.4. The number of hydrogen-bond donors (Lipinski definition) is 1. The molecule has 0 saturated carbocycles. The SMILES string of the molecule is CCCOC(=O)Oc1nc(-c2ccc(Cl)c(OC)c2F)cc(N)c1Cl. The fraction of sp³-hybridized carbons (Fsp3) is 0.250. The average Bonchev–Trinajstić information content (AvgIpc) is 2.57. The van der Waals surface area contributed by atoms with Gasteiger partial charge in [0.1, 0.15) is 5.02 Å². The van der Waals surface area contributed by atoms with E-state index in [9.17, 15) is 9.18 Å². The highest BCUT2D eigenvalue weighted by atomic mass is 35.5. The summed E-state index contributed by atoms with van der Waals surface area (Å²) in [6.07, 6.45) is -0.365. The number of aromatic nitrogens is 1. The maximum atomic E-state index is 14.6. The van der Waals surface area contributed by atoms with Crippen molar-refractivity contribution in [2.75, 3.05) is 19.5 Å². The van der Waals surface area contributed by atoms with Crippen molar-refractivity contribution >= 4 is 35.0 Å². The molecule has 25 heavy (non-hydrogen) atoms. The average molecular weight is 389 g/mol. The van der Waals surface area contributed by atoms with Crippen molar-refractivity contribution < 1.29 is 23.4 Å². The Kier molecular flexibility index (Phi) is 6.27. The van der Waals surface area contributed by atoms with Gasteiger partial charge in [-0.2, -0.15) is 0 Å². The Bertz CT molecular complexity index is 802. The van der Waals surface area contributed by atoms with Gasteiger partial charge in [-0.05, 0) is 24.6 Å². The summed E-state index contributed by atoms with van der Waals surface area (Å²) in [5.41, 5.74) is 6.00. The number of nitrogens with two attached hydrogens (primary N) is 1. The van der Waals surface area contributed by atoms with Gasteiger partial charge in [0, 0.05) is 5.56 Å². The number of nitrogen functional groups attached to an aromatic ring is 1. The van der Waals surface area contributed by atoms with E-state index >= 15 is 0 Å². The lowest BCUT2D eigenvalue weighted by Crippen LogP contribution is -2.13. The summed E-state index contributed by atoms with van der Waals surface area (Å²) in [5.74, 6) is -1.16. The van der Waals surface area contributed by atoms with Crippen LogP contribution >= 0.6 is 23.2 Å². The van der Waals surface area contributed by atoms with Crippen LogP contribution < -0.4 is 15.2 Å². The Morgan fingerprint density at radius 3 is 2.72 bits per heavy atom. The molecule has 1 heterocycles. The number of hydrogen-bond acceptors (Lipinski definition) is 6. The zero-order chi connectivity index (χ0) is 18.6. The Morgan fingerprint density at radius 1 is 1.36 bits per heavy atom. The van der Waals surface area contributed by atoms with Crippen molar-refractivity contribution in [1.82, 2.24) is 4.98 Å². The van der Waals surface area contributed by atoms with E-state index in [-0.39, 0.29) is 45.2 Å². The number of carbonyl (C=O) groups is 1. The summed E-state index contributed by atoms with van der Waals surface area (Å²) in [5, 5.41) is 0.0174. The number of halogens is 3. The molecule has 1 aromatic carbocycles. The maximum Gasteiger partial charge on any atom is 0.515 e. The molecule has 9 heteroatoms. The molecule has 134 valence electrons. The summed E-state index contributed by atoms with van der Waals surface area (Å²) in [6.45, 7) is 2.00. The third kappa shape index (κ3) is 4.24. The predicted octanol–water partition coefficient (Wildman–Crippen LogP) is 4.71. The molecule has 1 aromatic heterocycles. The van der Waals surface area contributed by atoms with Crippen LogP contribution in [-0.4, -0.2) is 24.9 Å². The van der Waals surface area contributed by atoms with Gasteiger partial charge in [0.2, 0.25) is 5.88 Å². The zero-order valence-corrected chi connectivity index (χ0v) is 14.9. The molecular weight excluding hydrogens is 374 g/mol. The van der Waals surface area contributed by atoms with Crippen LogP contribution in [0, 0.1) is 5.82 Å². The van der Waals surface area contributed by atoms with Crippen molar-refractivity contribution in [3.05, 3.63) is 34.1 Å². The van der Waals surface area contributed by atoms with Gasteiger partial charge in [0.15, 0.2) is 11.6 Å². The molecule has 0 atom stereocenters. The molecule has 0 aliphatic rings. The number of ether oxygens (including phenoxy) is 3. The largest absolute Gasteiger partial charge is 0.515 e. The summed E-state index contributed by atoms with van der Waals surface area (Å²) in [4.78, 5) is 15.6. The minimum Gasteiger partial charge on any atom is -0.492 e. The molecular formula is C16H15Cl2FN2O4. The quantitative estimate of drug-likeness (QED) is 0.746. The first-order valence-electron chi connectivity index (χ1n) is 7.22. The lowest BCUT2D eigenvalue weighted by molar-refractivity contribution is 0.0977. The van der Waals surface area contributed by atoms with Crippen molar-refractivity contribution in [2.24, 2.45) is 0 Å². The standard InChI is InChI=1S/C16H15Cl2FN2O4/c1-3-6-24-16(22)25-15-12(18)10(20)7-11(21-15)8-4-5-9(17)14(23-2)13(8)19/h4-5,7H,3,6H2,1-2H3,(H2,20,21). The van der Waals surface area contributed by atoms with E-state index in [1.165, 1.54) is 25.3 Å². The van der Waals surface area contributed by atoms with Gasteiger partial charge in [-0.15, -0.1) is 0 Å². The van der Waals surface area contributed by atoms with Gasteiger partial charge in [0.25, 0.3) is 0 Å². The summed E-state index contributed by atoms with van der Waals surface area (Å²) >= 11 is 11.9. The summed E-state index contributed by atoms with van der Waals surface area (Å²) in [7, 11) is 1.29. The monoisotopic (exact) mass is 388 g/mol. The number of methoxy groups -OCH3 is 1. The van der Waals surface area contributed by atoms with Crippen LogP contribution in [0.15, 0.2) is 18.2 Å². The minimum atomic E-state index is -0.984. The van der Waals surface area contributed by atoms with Crippen LogP contribution in [0.4, 0.5) is 14.9 Å². The van der Waals surface area contributed by atoms with Gasteiger partial charge in [-0.25, -0.2) is 14.2 Å². The molecule has 0 radical (unpaired) electrons. The first kappa shape index (κ1) is 19.1. The summed E-state index contributed by atoms with van der Waals surface area (Å²) < 4.78 is 29.2.